The molecule has 6 heteroatoms. The van der Waals surface area contributed by atoms with Gasteiger partial charge in [-0.3, -0.25) is 14.9 Å². The van der Waals surface area contributed by atoms with Gasteiger partial charge in [0.15, 0.2) is 5.78 Å². The smallest absolute Gasteiger partial charge is 0.295 e. The maximum Gasteiger partial charge on any atom is 0.295 e. The normalized spacial score (nSPS) is 10.5. The van der Waals surface area contributed by atoms with E-state index >= 15 is 0 Å². The summed E-state index contributed by atoms with van der Waals surface area (Å²) in [4.78, 5) is 24.6. The molecular formula is C9H7BrN2O3. The monoisotopic (exact) mass is 270 g/mol. The highest BCUT2D eigenvalue weighted by molar-refractivity contribution is 9.10. The lowest BCUT2D eigenvalue weighted by Crippen LogP contribution is -1.94. The fourth-order valence-electron chi connectivity index (χ4n) is 0.910. The molecular weight excluding hydrogens is 264 g/mol. The second-order valence-electron chi connectivity index (χ2n) is 2.76. The first-order valence-electron chi connectivity index (χ1n) is 3.99. The number of allylic oxidation sites excluding steroid dienone is 1. The molecule has 0 aliphatic rings. The highest BCUT2D eigenvalue weighted by atomic mass is 79.9. The van der Waals surface area contributed by atoms with E-state index < -0.39 is 4.92 Å². The van der Waals surface area contributed by atoms with Crippen LogP contribution < -0.4 is 0 Å². The van der Waals surface area contributed by atoms with Crippen molar-refractivity contribution >= 4 is 33.5 Å². The van der Waals surface area contributed by atoms with Crippen molar-refractivity contribution in [3.63, 3.8) is 0 Å². The number of rotatable bonds is 3. The van der Waals surface area contributed by atoms with Gasteiger partial charge in [0.1, 0.15) is 5.69 Å². The molecule has 0 saturated carbocycles. The third-order valence-electron chi connectivity index (χ3n) is 1.54. The van der Waals surface area contributed by atoms with E-state index in [0.29, 0.717) is 4.47 Å². The van der Waals surface area contributed by atoms with Crippen molar-refractivity contribution in [2.24, 2.45) is 0 Å². The zero-order valence-corrected chi connectivity index (χ0v) is 9.39. The Hall–Kier alpha value is -1.56. The van der Waals surface area contributed by atoms with E-state index in [1.54, 1.807) is 0 Å². The summed E-state index contributed by atoms with van der Waals surface area (Å²) < 4.78 is 0.522. The highest BCUT2D eigenvalue weighted by Gasteiger charge is 2.13. The van der Waals surface area contributed by atoms with Crippen LogP contribution in [0.5, 0.6) is 0 Å². The van der Waals surface area contributed by atoms with Gasteiger partial charge in [0.2, 0.25) is 0 Å². The van der Waals surface area contributed by atoms with E-state index in [1.165, 1.54) is 31.3 Å². The minimum absolute atomic E-state index is 0.137. The lowest BCUT2D eigenvalue weighted by molar-refractivity contribution is -0.385. The molecule has 1 heterocycles. The SMILES string of the molecule is CC(=O)/C=C/c1ncc(Br)cc1[N+](=O)[O-]. The molecule has 0 bridgehead atoms. The van der Waals surface area contributed by atoms with E-state index in [0.717, 1.165) is 0 Å². The lowest BCUT2D eigenvalue weighted by Gasteiger charge is -1.96. The van der Waals surface area contributed by atoms with E-state index in [9.17, 15) is 14.9 Å². The van der Waals surface area contributed by atoms with Crippen LogP contribution in [0.15, 0.2) is 22.8 Å². The zero-order valence-electron chi connectivity index (χ0n) is 7.81. The zero-order chi connectivity index (χ0) is 11.4. The fourth-order valence-corrected chi connectivity index (χ4v) is 1.23. The summed E-state index contributed by atoms with van der Waals surface area (Å²) in [5.74, 6) is -0.186. The van der Waals surface area contributed by atoms with Gasteiger partial charge in [-0.25, -0.2) is 4.98 Å². The summed E-state index contributed by atoms with van der Waals surface area (Å²) in [6.45, 7) is 1.36. The largest absolute Gasteiger partial charge is 0.295 e. The van der Waals surface area contributed by atoms with Crippen LogP contribution in [0.25, 0.3) is 6.08 Å². The number of hydrogen-bond donors (Lipinski definition) is 0. The number of hydrogen-bond acceptors (Lipinski definition) is 4. The Morgan fingerprint density at radius 2 is 2.33 bits per heavy atom. The van der Waals surface area contributed by atoms with E-state index in [1.807, 2.05) is 0 Å². The van der Waals surface area contributed by atoms with Crippen LogP contribution in [0.4, 0.5) is 5.69 Å². The van der Waals surface area contributed by atoms with Crippen molar-refractivity contribution in [3.8, 4) is 0 Å². The van der Waals surface area contributed by atoms with Crippen molar-refractivity contribution in [2.75, 3.05) is 0 Å². The molecule has 0 spiro atoms. The summed E-state index contributed by atoms with van der Waals surface area (Å²) >= 11 is 3.09. The van der Waals surface area contributed by atoms with Crippen molar-refractivity contribution in [3.05, 3.63) is 38.6 Å². The quantitative estimate of drug-likeness (QED) is 0.480. The first kappa shape index (κ1) is 11.5. The number of pyridine rings is 1. The number of carbonyl (C=O) groups is 1. The Balaban J connectivity index is 3.17. The molecule has 0 fully saturated rings. The van der Waals surface area contributed by atoms with Gasteiger partial charge >= 0.3 is 0 Å². The maximum absolute atomic E-state index is 10.7. The molecule has 15 heavy (non-hydrogen) atoms. The second-order valence-corrected chi connectivity index (χ2v) is 3.67. The molecule has 0 radical (unpaired) electrons. The van der Waals surface area contributed by atoms with Crippen LogP contribution in [0.2, 0.25) is 0 Å². The molecule has 5 nitrogen and oxygen atoms in total. The van der Waals surface area contributed by atoms with Gasteiger partial charge in [-0.05, 0) is 35.0 Å². The molecule has 0 atom stereocenters. The van der Waals surface area contributed by atoms with Crippen LogP contribution in [-0.2, 0) is 4.79 Å². The van der Waals surface area contributed by atoms with Gasteiger partial charge in [0, 0.05) is 16.7 Å². The van der Waals surface area contributed by atoms with Crippen LogP contribution in [-0.4, -0.2) is 15.7 Å². The Morgan fingerprint density at radius 3 is 2.87 bits per heavy atom. The summed E-state index contributed by atoms with van der Waals surface area (Å²) in [6, 6.07) is 1.34. The fraction of sp³-hybridized carbons (Fsp3) is 0.111. The van der Waals surface area contributed by atoms with Gasteiger partial charge in [-0.1, -0.05) is 0 Å². The van der Waals surface area contributed by atoms with Crippen molar-refractivity contribution in [1.82, 2.24) is 4.98 Å². The molecule has 1 rings (SSSR count). The molecule has 0 saturated heterocycles. The standard InChI is InChI=1S/C9H7BrN2O3/c1-6(13)2-3-8-9(12(14)15)4-7(10)5-11-8/h2-5H,1H3/b3-2+. The molecule has 0 unspecified atom stereocenters. The Morgan fingerprint density at radius 1 is 1.67 bits per heavy atom. The number of ketones is 1. The van der Waals surface area contributed by atoms with Crippen LogP contribution >= 0.6 is 15.9 Å². The average Bonchev–Trinajstić information content (AvgIpc) is 2.15. The summed E-state index contributed by atoms with van der Waals surface area (Å²) in [6.07, 6.45) is 4.00. The lowest BCUT2D eigenvalue weighted by atomic mass is 10.2. The molecule has 0 aliphatic carbocycles. The Labute approximate surface area is 94.1 Å². The molecule has 1 aromatic rings. The predicted molar refractivity (Wildman–Crippen MR) is 58.3 cm³/mol. The van der Waals surface area contributed by atoms with Crippen LogP contribution in [0.3, 0.4) is 0 Å². The van der Waals surface area contributed by atoms with Crippen LogP contribution in [0, 0.1) is 10.1 Å². The molecule has 0 aliphatic heterocycles. The van der Waals surface area contributed by atoms with E-state index in [2.05, 4.69) is 20.9 Å². The van der Waals surface area contributed by atoms with Crippen molar-refractivity contribution in [2.45, 2.75) is 6.92 Å². The second kappa shape index (κ2) is 4.79. The number of aromatic nitrogens is 1. The van der Waals surface area contributed by atoms with Gasteiger partial charge in [-0.2, -0.15) is 0 Å². The highest BCUT2D eigenvalue weighted by Crippen LogP contribution is 2.21. The molecule has 78 valence electrons. The predicted octanol–water partition coefficient (Wildman–Crippen LogP) is 2.35. The number of halogens is 1. The molecule has 0 aromatic carbocycles. The van der Waals surface area contributed by atoms with E-state index in [4.69, 9.17) is 0 Å². The molecule has 1 aromatic heterocycles. The van der Waals surface area contributed by atoms with Gasteiger partial charge in [-0.15, -0.1) is 0 Å². The first-order chi connectivity index (χ1) is 7.00. The number of carbonyl (C=O) groups excluding carboxylic acids is 1. The topological polar surface area (TPSA) is 73.1 Å². The first-order valence-corrected chi connectivity index (χ1v) is 4.78. The van der Waals surface area contributed by atoms with Gasteiger partial charge < -0.3 is 0 Å². The summed E-state index contributed by atoms with van der Waals surface area (Å²) in [5, 5.41) is 10.6. The molecule has 0 amide bonds. The van der Waals surface area contributed by atoms with Crippen LogP contribution in [0.1, 0.15) is 12.6 Å². The van der Waals surface area contributed by atoms with Gasteiger partial charge in [0.05, 0.1) is 4.92 Å². The average molecular weight is 271 g/mol. The molecule has 0 N–H and O–H groups in total. The summed E-state index contributed by atoms with van der Waals surface area (Å²) in [7, 11) is 0. The van der Waals surface area contributed by atoms with E-state index in [-0.39, 0.29) is 17.2 Å². The third kappa shape index (κ3) is 3.25. The Bertz CT molecular complexity index is 443. The van der Waals surface area contributed by atoms with Crippen molar-refractivity contribution in [1.29, 1.82) is 0 Å². The minimum Gasteiger partial charge on any atom is -0.295 e. The minimum atomic E-state index is -0.544. The van der Waals surface area contributed by atoms with Crippen molar-refractivity contribution < 1.29 is 9.72 Å². The maximum atomic E-state index is 10.7. The summed E-state index contributed by atoms with van der Waals surface area (Å²) in [5.41, 5.74) is 0.0280. The number of nitrogens with zero attached hydrogens (tertiary/aromatic N) is 2. The van der Waals surface area contributed by atoms with Gasteiger partial charge in [0.25, 0.3) is 5.69 Å². The Kier molecular flexibility index (Phi) is 3.68. The number of nitro groups is 1. The third-order valence-corrected chi connectivity index (χ3v) is 1.97.